The number of nitrogens with zero attached hydrogens (tertiary/aromatic N) is 4. The highest BCUT2D eigenvalue weighted by Gasteiger charge is 2.30. The maximum Gasteiger partial charge on any atom is 0.266 e. The zero-order chi connectivity index (χ0) is 23.3. The standard InChI is InChI=1S/C24H23FN4O3Si/c1-33(2,3)9-8-32-14-28-12-20(26-13-28)15-4-6-19-17(10-15)24(31)29-21-7-5-16(25)11-18(21)22(30)23(29)27-19/h4-7,10-13H,8-9,14H2,1-3H3. The molecule has 2 aromatic heterocycles. The summed E-state index contributed by atoms with van der Waals surface area (Å²) in [7, 11) is -1.14. The molecule has 1 aliphatic rings. The third kappa shape index (κ3) is 3.94. The zero-order valence-electron chi connectivity index (χ0n) is 18.6. The minimum absolute atomic E-state index is 0.000551. The summed E-state index contributed by atoms with van der Waals surface area (Å²) in [4.78, 5) is 34.8. The largest absolute Gasteiger partial charge is 0.361 e. The number of ether oxygens (including phenoxy) is 1. The third-order valence-corrected chi connectivity index (χ3v) is 7.39. The van der Waals surface area contributed by atoms with E-state index in [-0.39, 0.29) is 16.9 Å². The van der Waals surface area contributed by atoms with E-state index in [1.54, 1.807) is 18.5 Å². The number of hydrogen-bond acceptors (Lipinski definition) is 5. The molecule has 0 saturated carbocycles. The highest BCUT2D eigenvalue weighted by atomic mass is 28.3. The number of imidazole rings is 1. The Balaban J connectivity index is 1.46. The van der Waals surface area contributed by atoms with Gasteiger partial charge in [0, 0.05) is 26.4 Å². The van der Waals surface area contributed by atoms with Crippen molar-refractivity contribution in [2.24, 2.45) is 0 Å². The highest BCUT2D eigenvalue weighted by molar-refractivity contribution is 6.76. The summed E-state index contributed by atoms with van der Waals surface area (Å²) in [5.74, 6) is -0.990. The Morgan fingerprint density at radius 2 is 1.91 bits per heavy atom. The van der Waals surface area contributed by atoms with Gasteiger partial charge < -0.3 is 9.30 Å². The summed E-state index contributed by atoms with van der Waals surface area (Å²) in [5, 5.41) is 0.363. The SMILES string of the molecule is C[Si](C)(C)CCOCn1cnc(-c2ccc3nc4n(c(=O)c3c2)-c2ccc(F)cc2C4=O)c1. The predicted molar refractivity (Wildman–Crippen MR) is 126 cm³/mol. The molecule has 0 aliphatic carbocycles. The highest BCUT2D eigenvalue weighted by Crippen LogP contribution is 2.28. The van der Waals surface area contributed by atoms with Gasteiger partial charge >= 0.3 is 0 Å². The lowest BCUT2D eigenvalue weighted by Crippen LogP contribution is -2.21. The fraction of sp³-hybridized carbons (Fsp3) is 0.250. The summed E-state index contributed by atoms with van der Waals surface area (Å²) in [5.41, 5.74) is 1.99. The van der Waals surface area contributed by atoms with E-state index in [2.05, 4.69) is 29.6 Å². The van der Waals surface area contributed by atoms with E-state index in [1.165, 1.54) is 16.7 Å². The van der Waals surface area contributed by atoms with Crippen LogP contribution in [-0.2, 0) is 11.5 Å². The maximum absolute atomic E-state index is 13.7. The Bertz CT molecular complexity index is 1470. The van der Waals surface area contributed by atoms with Crippen molar-refractivity contribution < 1.29 is 13.9 Å². The molecule has 2 aromatic carbocycles. The van der Waals surface area contributed by atoms with Gasteiger partial charge in [-0.15, -0.1) is 0 Å². The van der Waals surface area contributed by atoms with E-state index in [9.17, 15) is 14.0 Å². The summed E-state index contributed by atoms with van der Waals surface area (Å²) < 4.78 is 22.5. The van der Waals surface area contributed by atoms with Crippen molar-refractivity contribution >= 4 is 24.8 Å². The Morgan fingerprint density at radius 3 is 2.70 bits per heavy atom. The van der Waals surface area contributed by atoms with Gasteiger partial charge in [-0.05, 0) is 36.4 Å². The lowest BCUT2D eigenvalue weighted by atomic mass is 10.1. The van der Waals surface area contributed by atoms with Crippen LogP contribution in [-0.4, -0.2) is 39.6 Å². The molecule has 5 rings (SSSR count). The molecule has 0 N–H and O–H groups in total. The molecule has 1 aliphatic heterocycles. The number of hydrogen-bond donors (Lipinski definition) is 0. The van der Waals surface area contributed by atoms with E-state index in [0.29, 0.717) is 29.0 Å². The van der Waals surface area contributed by atoms with E-state index in [4.69, 9.17) is 4.74 Å². The molecule has 7 nitrogen and oxygen atoms in total. The van der Waals surface area contributed by atoms with Gasteiger partial charge in [0.1, 0.15) is 12.5 Å². The predicted octanol–water partition coefficient (Wildman–Crippen LogP) is 4.25. The normalized spacial score (nSPS) is 12.9. The summed E-state index contributed by atoms with van der Waals surface area (Å²) in [6.45, 7) is 8.07. The van der Waals surface area contributed by atoms with Gasteiger partial charge in [0.25, 0.3) is 5.56 Å². The fourth-order valence-corrected chi connectivity index (χ4v) is 4.61. The number of fused-ring (bicyclic) bond motifs is 4. The van der Waals surface area contributed by atoms with Crippen LogP contribution in [0, 0.1) is 5.82 Å². The first-order chi connectivity index (χ1) is 15.7. The molecule has 0 radical (unpaired) electrons. The second-order valence-electron chi connectivity index (χ2n) is 9.42. The summed E-state index contributed by atoms with van der Waals surface area (Å²) in [6.07, 6.45) is 3.57. The number of aromatic nitrogens is 4. The van der Waals surface area contributed by atoms with Crippen molar-refractivity contribution in [1.29, 1.82) is 0 Å². The first-order valence-corrected chi connectivity index (χ1v) is 14.4. The van der Waals surface area contributed by atoms with Crippen LogP contribution in [0.25, 0.3) is 27.8 Å². The Hall–Kier alpha value is -3.43. The molecule has 0 amide bonds. The van der Waals surface area contributed by atoms with Gasteiger partial charge in [-0.1, -0.05) is 25.7 Å². The minimum atomic E-state index is -1.14. The van der Waals surface area contributed by atoms with Gasteiger partial charge in [0.05, 0.1) is 34.2 Å². The van der Waals surface area contributed by atoms with Crippen LogP contribution in [0.4, 0.5) is 4.39 Å². The molecular formula is C24H23FN4O3Si. The topological polar surface area (TPSA) is 79.0 Å². The second-order valence-corrected chi connectivity index (χ2v) is 15.0. The number of carbonyl (C=O) groups is 1. The lowest BCUT2D eigenvalue weighted by Gasteiger charge is -2.15. The van der Waals surface area contributed by atoms with Crippen LogP contribution in [0.15, 0.2) is 53.7 Å². The molecule has 0 unspecified atom stereocenters. The van der Waals surface area contributed by atoms with Gasteiger partial charge in [-0.3, -0.25) is 14.2 Å². The van der Waals surface area contributed by atoms with Gasteiger partial charge in [-0.2, -0.15) is 0 Å². The number of benzene rings is 2. The average Bonchev–Trinajstić information content (AvgIpc) is 3.34. The van der Waals surface area contributed by atoms with Crippen LogP contribution in [0.2, 0.25) is 25.7 Å². The van der Waals surface area contributed by atoms with E-state index in [0.717, 1.165) is 24.3 Å². The van der Waals surface area contributed by atoms with Crippen LogP contribution < -0.4 is 5.56 Å². The molecule has 4 aromatic rings. The van der Waals surface area contributed by atoms with Crippen molar-refractivity contribution in [2.45, 2.75) is 32.4 Å². The van der Waals surface area contributed by atoms with E-state index >= 15 is 0 Å². The Morgan fingerprint density at radius 1 is 1.09 bits per heavy atom. The molecule has 9 heteroatoms. The first-order valence-electron chi connectivity index (χ1n) is 10.7. The Labute approximate surface area is 190 Å². The zero-order valence-corrected chi connectivity index (χ0v) is 19.6. The molecule has 0 saturated heterocycles. The second kappa shape index (κ2) is 7.86. The smallest absolute Gasteiger partial charge is 0.266 e. The molecule has 0 bridgehead atoms. The molecule has 0 spiro atoms. The number of halogens is 1. The van der Waals surface area contributed by atoms with E-state index < -0.39 is 19.7 Å². The molecule has 168 valence electrons. The first kappa shape index (κ1) is 21.4. The van der Waals surface area contributed by atoms with Crippen LogP contribution in [0.3, 0.4) is 0 Å². The number of ketones is 1. The number of rotatable bonds is 6. The summed E-state index contributed by atoms with van der Waals surface area (Å²) in [6, 6.07) is 10.1. The Kier molecular flexibility index (Phi) is 5.10. The van der Waals surface area contributed by atoms with Crippen LogP contribution in [0.1, 0.15) is 16.2 Å². The number of carbonyl (C=O) groups excluding carboxylic acids is 1. The quantitative estimate of drug-likeness (QED) is 0.279. The summed E-state index contributed by atoms with van der Waals surface area (Å²) >= 11 is 0. The van der Waals surface area contributed by atoms with Gasteiger partial charge in [0.15, 0.2) is 5.82 Å². The molecular weight excluding hydrogens is 439 g/mol. The minimum Gasteiger partial charge on any atom is -0.361 e. The molecule has 3 heterocycles. The third-order valence-electron chi connectivity index (χ3n) is 5.68. The maximum atomic E-state index is 13.7. The van der Waals surface area contributed by atoms with Crippen molar-refractivity contribution in [2.75, 3.05) is 6.61 Å². The van der Waals surface area contributed by atoms with Crippen LogP contribution >= 0.6 is 0 Å². The molecule has 0 atom stereocenters. The van der Waals surface area contributed by atoms with Crippen molar-refractivity contribution in [1.82, 2.24) is 19.1 Å². The van der Waals surface area contributed by atoms with Gasteiger partial charge in [-0.25, -0.2) is 14.4 Å². The van der Waals surface area contributed by atoms with Gasteiger partial charge in [0.2, 0.25) is 5.78 Å². The fourth-order valence-electron chi connectivity index (χ4n) is 3.85. The monoisotopic (exact) mass is 462 g/mol. The molecule has 0 fully saturated rings. The molecule has 33 heavy (non-hydrogen) atoms. The van der Waals surface area contributed by atoms with Crippen LogP contribution in [0.5, 0.6) is 0 Å². The van der Waals surface area contributed by atoms with E-state index in [1.807, 2.05) is 16.8 Å². The van der Waals surface area contributed by atoms with Crippen molar-refractivity contribution in [3.05, 3.63) is 76.5 Å². The van der Waals surface area contributed by atoms with Crippen molar-refractivity contribution in [3.63, 3.8) is 0 Å². The average molecular weight is 463 g/mol. The lowest BCUT2D eigenvalue weighted by molar-refractivity contribution is 0.0871. The van der Waals surface area contributed by atoms with Crippen molar-refractivity contribution in [3.8, 4) is 16.9 Å².